The van der Waals surface area contributed by atoms with Crippen LogP contribution in [0.4, 0.5) is 0 Å². The van der Waals surface area contributed by atoms with Crippen LogP contribution >= 0.6 is 0 Å². The first kappa shape index (κ1) is 24.0. The fourth-order valence-electron chi connectivity index (χ4n) is 10.0. The summed E-state index contributed by atoms with van der Waals surface area (Å²) < 4.78 is 0. The monoisotopic (exact) mass is 478 g/mol. The Morgan fingerprint density at radius 3 is 2.71 bits per heavy atom. The van der Waals surface area contributed by atoms with E-state index in [4.69, 9.17) is 4.98 Å². The van der Waals surface area contributed by atoms with E-state index in [1.165, 1.54) is 31.2 Å². The van der Waals surface area contributed by atoms with E-state index in [0.29, 0.717) is 35.0 Å². The van der Waals surface area contributed by atoms with Crippen LogP contribution in [0.25, 0.3) is 11.0 Å². The summed E-state index contributed by atoms with van der Waals surface area (Å²) in [4.78, 5) is 8.40. The molecule has 0 unspecified atom stereocenters. The highest BCUT2D eigenvalue weighted by atomic mass is 16.3. The minimum atomic E-state index is -0.194. The average molecular weight is 479 g/mol. The number of imidazole rings is 1. The molecule has 10 atom stereocenters. The van der Waals surface area contributed by atoms with Gasteiger partial charge in [0.25, 0.3) is 0 Å². The van der Waals surface area contributed by atoms with Gasteiger partial charge in [0.15, 0.2) is 0 Å². The third-order valence-corrected chi connectivity index (χ3v) is 12.0. The molecule has 0 radical (unpaired) electrons. The zero-order chi connectivity index (χ0) is 24.5. The largest absolute Gasteiger partial charge is 0.393 e. The maximum Gasteiger partial charge on any atom is 0.107 e. The number of aromatic nitrogens is 2. The van der Waals surface area contributed by atoms with E-state index in [-0.39, 0.29) is 17.6 Å². The molecule has 35 heavy (non-hydrogen) atoms. The maximum atomic E-state index is 11.8. The summed E-state index contributed by atoms with van der Waals surface area (Å²) >= 11 is 0. The van der Waals surface area contributed by atoms with Crippen molar-refractivity contribution >= 4 is 11.0 Å². The van der Waals surface area contributed by atoms with Gasteiger partial charge in [-0.1, -0.05) is 26.8 Å². The zero-order valence-corrected chi connectivity index (χ0v) is 22.3. The van der Waals surface area contributed by atoms with Crippen molar-refractivity contribution in [3.63, 3.8) is 0 Å². The zero-order valence-electron chi connectivity index (χ0n) is 22.3. The molecule has 1 aromatic carbocycles. The minimum absolute atomic E-state index is 0.0446. The lowest BCUT2D eigenvalue weighted by atomic mass is 9.43. The number of H-pyrrole nitrogens is 1. The molecule has 2 aromatic rings. The van der Waals surface area contributed by atoms with Gasteiger partial charge in [-0.05, 0) is 129 Å². The van der Waals surface area contributed by atoms with Crippen LogP contribution < -0.4 is 0 Å². The fraction of sp³-hybridized carbons (Fsp3) is 0.774. The van der Waals surface area contributed by atoms with Crippen molar-refractivity contribution < 1.29 is 10.2 Å². The summed E-state index contributed by atoms with van der Waals surface area (Å²) in [7, 11) is 0. The van der Waals surface area contributed by atoms with Crippen LogP contribution in [0.1, 0.15) is 89.9 Å². The Bertz CT molecular complexity index is 1080. The van der Waals surface area contributed by atoms with E-state index in [2.05, 4.69) is 50.9 Å². The van der Waals surface area contributed by atoms with Crippen molar-refractivity contribution in [1.29, 1.82) is 0 Å². The summed E-state index contributed by atoms with van der Waals surface area (Å²) in [6, 6.07) is 6.44. The predicted octanol–water partition coefficient (Wildman–Crippen LogP) is 6.43. The highest BCUT2D eigenvalue weighted by molar-refractivity contribution is 5.75. The minimum Gasteiger partial charge on any atom is -0.393 e. The summed E-state index contributed by atoms with van der Waals surface area (Å²) in [6.07, 6.45) is 11.0. The Kier molecular flexibility index (Phi) is 5.88. The number of rotatable bonds is 4. The molecule has 192 valence electrons. The third-order valence-electron chi connectivity index (χ3n) is 12.0. The number of aryl methyl sites for hydroxylation is 2. The molecule has 0 saturated heterocycles. The number of hydrogen-bond donors (Lipinski definition) is 3. The van der Waals surface area contributed by atoms with Crippen LogP contribution in [0.3, 0.4) is 0 Å². The topological polar surface area (TPSA) is 69.1 Å². The van der Waals surface area contributed by atoms with Gasteiger partial charge in [0.05, 0.1) is 23.2 Å². The first-order chi connectivity index (χ1) is 16.7. The van der Waals surface area contributed by atoms with Crippen LogP contribution in [0, 0.1) is 53.3 Å². The fourth-order valence-corrected chi connectivity index (χ4v) is 10.0. The van der Waals surface area contributed by atoms with Gasteiger partial charge in [0, 0.05) is 6.42 Å². The highest BCUT2D eigenvalue weighted by Crippen LogP contribution is 2.68. The molecule has 4 nitrogen and oxygen atoms in total. The van der Waals surface area contributed by atoms with Crippen LogP contribution in [-0.2, 0) is 6.42 Å². The Hall–Kier alpha value is -1.39. The van der Waals surface area contributed by atoms with Gasteiger partial charge in [-0.3, -0.25) is 0 Å². The SMILES string of the molecule is Cc1ccc2nc(CC[C@H](C)[C@@H]3CC[C@@H]4[C@@H]5CC[C@@H]6C[C@H](O)CC[C@]6(C)[C@@H]5C[C@H](O)[C@@]43C)[nH]c2c1. The van der Waals surface area contributed by atoms with Gasteiger partial charge in [-0.15, -0.1) is 0 Å². The first-order valence-electron chi connectivity index (χ1n) is 14.5. The average Bonchev–Trinajstić information content (AvgIpc) is 3.40. The van der Waals surface area contributed by atoms with Gasteiger partial charge >= 0.3 is 0 Å². The Morgan fingerprint density at radius 2 is 1.89 bits per heavy atom. The summed E-state index contributed by atoms with van der Waals surface area (Å²) in [5.74, 6) is 4.98. The van der Waals surface area contributed by atoms with Crippen molar-refractivity contribution in [3.05, 3.63) is 29.6 Å². The second-order valence-corrected chi connectivity index (χ2v) is 13.6. The summed E-state index contributed by atoms with van der Waals surface area (Å²) in [5.41, 5.74) is 3.84. The van der Waals surface area contributed by atoms with Crippen molar-refractivity contribution in [3.8, 4) is 0 Å². The summed E-state index contributed by atoms with van der Waals surface area (Å²) in [5, 5.41) is 22.1. The Morgan fingerprint density at radius 1 is 1.06 bits per heavy atom. The van der Waals surface area contributed by atoms with E-state index in [9.17, 15) is 10.2 Å². The van der Waals surface area contributed by atoms with Crippen molar-refractivity contribution in [2.45, 2.75) is 104 Å². The quantitative estimate of drug-likeness (QED) is 0.474. The van der Waals surface area contributed by atoms with Crippen LogP contribution in [0.15, 0.2) is 18.2 Å². The van der Waals surface area contributed by atoms with E-state index in [1.807, 2.05) is 0 Å². The van der Waals surface area contributed by atoms with E-state index in [0.717, 1.165) is 61.3 Å². The second-order valence-electron chi connectivity index (χ2n) is 13.6. The lowest BCUT2D eigenvalue weighted by molar-refractivity contribution is -0.174. The second kappa shape index (κ2) is 8.58. The van der Waals surface area contributed by atoms with Gasteiger partial charge in [-0.2, -0.15) is 0 Å². The molecule has 0 aliphatic heterocycles. The van der Waals surface area contributed by atoms with Crippen LogP contribution in [-0.4, -0.2) is 32.4 Å². The van der Waals surface area contributed by atoms with E-state index in [1.54, 1.807) is 0 Å². The third kappa shape index (κ3) is 3.72. The maximum absolute atomic E-state index is 11.8. The number of nitrogens with zero attached hydrogens (tertiary/aromatic N) is 1. The molecule has 1 heterocycles. The van der Waals surface area contributed by atoms with Crippen LogP contribution in [0.2, 0.25) is 0 Å². The van der Waals surface area contributed by atoms with Crippen LogP contribution in [0.5, 0.6) is 0 Å². The van der Waals surface area contributed by atoms with Gasteiger partial charge in [0.2, 0.25) is 0 Å². The van der Waals surface area contributed by atoms with Crippen molar-refractivity contribution in [2.24, 2.45) is 46.3 Å². The Balaban J connectivity index is 1.18. The van der Waals surface area contributed by atoms with Gasteiger partial charge in [-0.25, -0.2) is 4.98 Å². The molecular weight excluding hydrogens is 432 g/mol. The molecule has 4 saturated carbocycles. The number of aliphatic hydroxyl groups is 2. The van der Waals surface area contributed by atoms with Gasteiger partial charge in [0.1, 0.15) is 5.82 Å². The molecule has 6 rings (SSSR count). The number of nitrogens with one attached hydrogen (secondary N) is 1. The Labute approximate surface area is 211 Å². The molecule has 4 aliphatic carbocycles. The highest BCUT2D eigenvalue weighted by Gasteiger charge is 2.63. The normalized spacial score (nSPS) is 44.0. The number of fused-ring (bicyclic) bond motifs is 6. The molecule has 0 amide bonds. The summed E-state index contributed by atoms with van der Waals surface area (Å²) in [6.45, 7) is 9.53. The lowest BCUT2D eigenvalue weighted by Crippen LogP contribution is -2.58. The molecule has 4 heteroatoms. The predicted molar refractivity (Wildman–Crippen MR) is 141 cm³/mol. The van der Waals surface area contributed by atoms with Crippen molar-refractivity contribution in [1.82, 2.24) is 9.97 Å². The molecular formula is C31H46N2O2. The molecule has 3 N–H and O–H groups in total. The smallest absolute Gasteiger partial charge is 0.107 e. The molecule has 4 fully saturated rings. The number of aromatic amines is 1. The van der Waals surface area contributed by atoms with E-state index >= 15 is 0 Å². The molecule has 0 spiro atoms. The molecule has 0 bridgehead atoms. The standard InChI is InChI=1S/C31H46N2O2/c1-18-5-11-26-27(15-18)33-29(32-26)12-6-19(2)23-9-10-24-22-8-7-20-16-21(34)13-14-30(20,3)25(22)17-28(35)31(23,24)4/h5,11,15,19-25,28,34-35H,6-10,12-14,16-17H2,1-4H3,(H,32,33)/t19-,20+,21+,22-,23-,24+,25+,28-,30-,31+/m0/s1. The van der Waals surface area contributed by atoms with E-state index < -0.39 is 0 Å². The number of aliphatic hydroxyl groups excluding tert-OH is 2. The van der Waals surface area contributed by atoms with Gasteiger partial charge < -0.3 is 15.2 Å². The lowest BCUT2D eigenvalue weighted by Gasteiger charge is -2.62. The van der Waals surface area contributed by atoms with Crippen molar-refractivity contribution in [2.75, 3.05) is 0 Å². The molecule has 1 aromatic heterocycles. The number of benzene rings is 1. The number of hydrogen-bond acceptors (Lipinski definition) is 3. The molecule has 4 aliphatic rings. The first-order valence-corrected chi connectivity index (χ1v) is 14.5.